The van der Waals surface area contributed by atoms with Crippen LogP contribution in [0.2, 0.25) is 0 Å². The largest absolute Gasteiger partial charge is 0.475 e. The van der Waals surface area contributed by atoms with E-state index < -0.39 is 0 Å². The second kappa shape index (κ2) is 7.18. The molecule has 105 valence electrons. The van der Waals surface area contributed by atoms with Gasteiger partial charge in [-0.3, -0.25) is 9.48 Å². The Kier molecular flexibility index (Phi) is 5.76. The van der Waals surface area contributed by atoms with E-state index in [0.29, 0.717) is 26.5 Å². The predicted molar refractivity (Wildman–Crippen MR) is 106 cm³/mol. The zero-order valence-electron chi connectivity index (χ0n) is 10.7. The highest BCUT2D eigenvalue weighted by atomic mass is 127. The zero-order valence-corrected chi connectivity index (χ0v) is 17.2. The SMILES string of the molecule is PB(I)N1COc2c(ccc3c2OCN(P[B]I)C3)C1. The molecule has 0 aromatic heterocycles. The van der Waals surface area contributed by atoms with Crippen LogP contribution in [0.4, 0.5) is 0 Å². The first-order chi connectivity index (χ1) is 9.69. The molecule has 0 bridgehead atoms. The number of hydrogen-bond donors (Lipinski definition) is 0. The summed E-state index contributed by atoms with van der Waals surface area (Å²) in [6.45, 7) is 3.12. The minimum Gasteiger partial charge on any atom is -0.475 e. The summed E-state index contributed by atoms with van der Waals surface area (Å²) in [7, 11) is 3.50. The van der Waals surface area contributed by atoms with Gasteiger partial charge in [-0.2, -0.15) is 0 Å². The van der Waals surface area contributed by atoms with Crippen LogP contribution in [-0.2, 0) is 13.1 Å². The Labute approximate surface area is 151 Å². The maximum absolute atomic E-state index is 5.95. The maximum Gasteiger partial charge on any atom is 0.322 e. The van der Waals surface area contributed by atoms with Crippen molar-refractivity contribution in [2.75, 3.05) is 13.5 Å². The van der Waals surface area contributed by atoms with E-state index in [2.05, 4.69) is 80.3 Å². The zero-order chi connectivity index (χ0) is 14.1. The Morgan fingerprint density at radius 2 is 1.85 bits per heavy atom. The van der Waals surface area contributed by atoms with Crippen molar-refractivity contribution in [2.45, 2.75) is 13.1 Å². The molecule has 2 atom stereocenters. The van der Waals surface area contributed by atoms with Gasteiger partial charge in [0.1, 0.15) is 13.5 Å². The third-order valence-electron chi connectivity index (χ3n) is 3.33. The van der Waals surface area contributed by atoms with Gasteiger partial charge >= 0.3 is 4.42 Å². The lowest BCUT2D eigenvalue weighted by Crippen LogP contribution is -2.37. The van der Waals surface area contributed by atoms with E-state index in [1.54, 1.807) is 0 Å². The quantitative estimate of drug-likeness (QED) is 0.341. The van der Waals surface area contributed by atoms with Crippen LogP contribution >= 0.6 is 62.5 Å². The van der Waals surface area contributed by atoms with Gasteiger partial charge in [-0.1, -0.05) is 20.7 Å². The monoisotopic (exact) mass is 531 g/mol. The number of nitrogens with zero attached hydrogens (tertiary/aromatic N) is 2. The van der Waals surface area contributed by atoms with E-state index in [9.17, 15) is 0 Å². The van der Waals surface area contributed by atoms with Gasteiger partial charge in [0.05, 0.1) is 0 Å². The van der Waals surface area contributed by atoms with Crippen molar-refractivity contribution in [3.8, 4) is 11.5 Å². The van der Waals surface area contributed by atoms with Gasteiger partial charge in [0.2, 0.25) is 4.86 Å². The van der Waals surface area contributed by atoms with E-state index in [0.717, 1.165) is 24.6 Å². The minimum absolute atomic E-state index is 0.383. The number of benzene rings is 1. The third kappa shape index (κ3) is 3.40. The minimum atomic E-state index is 0.383. The van der Waals surface area contributed by atoms with Crippen LogP contribution in [0, 0.1) is 0 Å². The van der Waals surface area contributed by atoms with Crippen molar-refractivity contribution in [3.05, 3.63) is 23.3 Å². The molecular weight excluding hydrogens is 518 g/mol. The first-order valence-electron chi connectivity index (χ1n) is 6.16. The molecule has 0 fully saturated rings. The molecule has 2 heterocycles. The number of ether oxygens (including phenoxy) is 2. The number of hydrogen-bond acceptors (Lipinski definition) is 4. The predicted octanol–water partition coefficient (Wildman–Crippen LogP) is 2.85. The Morgan fingerprint density at radius 3 is 2.50 bits per heavy atom. The lowest BCUT2D eigenvalue weighted by atomic mass is 10.0. The molecule has 0 N–H and O–H groups in total. The summed E-state index contributed by atoms with van der Waals surface area (Å²) >= 11 is 4.67. The molecule has 0 saturated carbocycles. The molecule has 1 aromatic carbocycles. The lowest BCUT2D eigenvalue weighted by Gasteiger charge is -2.34. The summed E-state index contributed by atoms with van der Waals surface area (Å²) < 4.78 is 14.6. The van der Waals surface area contributed by atoms with Gasteiger partial charge in [0.15, 0.2) is 11.5 Å². The summed E-state index contributed by atoms with van der Waals surface area (Å²) in [6, 6.07) is 4.35. The molecule has 3 rings (SSSR count). The average molecular weight is 531 g/mol. The topological polar surface area (TPSA) is 24.9 Å². The van der Waals surface area contributed by atoms with Gasteiger partial charge in [0.25, 0.3) is 0 Å². The summed E-state index contributed by atoms with van der Waals surface area (Å²) in [4.78, 5) is 4.42. The van der Waals surface area contributed by atoms with E-state index >= 15 is 0 Å². The molecule has 2 aliphatic rings. The number of fused-ring (bicyclic) bond motifs is 3. The van der Waals surface area contributed by atoms with Gasteiger partial charge < -0.3 is 9.47 Å². The van der Waals surface area contributed by atoms with Crippen LogP contribution in [0.3, 0.4) is 0 Å². The number of rotatable bonds is 3. The van der Waals surface area contributed by atoms with Crippen LogP contribution in [0.15, 0.2) is 12.1 Å². The molecule has 2 unspecified atom stereocenters. The Balaban J connectivity index is 1.83. The molecule has 0 amide bonds. The van der Waals surface area contributed by atoms with Crippen LogP contribution in [0.1, 0.15) is 11.1 Å². The van der Waals surface area contributed by atoms with Crippen molar-refractivity contribution in [2.24, 2.45) is 0 Å². The molecule has 1 aromatic rings. The molecule has 2 aliphatic heterocycles. The molecule has 0 saturated heterocycles. The second-order valence-corrected chi connectivity index (χ2v) is 10.9. The maximum atomic E-state index is 5.95. The van der Waals surface area contributed by atoms with Gasteiger partial charge in [0, 0.05) is 24.2 Å². The van der Waals surface area contributed by atoms with Crippen LogP contribution in [-0.4, -0.2) is 32.2 Å². The fraction of sp³-hybridized carbons (Fsp3) is 0.400. The fourth-order valence-electron chi connectivity index (χ4n) is 2.33. The second-order valence-electron chi connectivity index (χ2n) is 4.64. The highest BCUT2D eigenvalue weighted by molar-refractivity contribution is 14.1. The summed E-state index contributed by atoms with van der Waals surface area (Å²) in [6.07, 6.45) is 0. The third-order valence-corrected chi connectivity index (χ3v) is 6.12. The van der Waals surface area contributed by atoms with Crippen LogP contribution in [0.25, 0.3) is 0 Å². The van der Waals surface area contributed by atoms with Crippen LogP contribution < -0.4 is 9.47 Å². The van der Waals surface area contributed by atoms with E-state index in [1.807, 2.05) is 0 Å². The van der Waals surface area contributed by atoms with E-state index in [4.69, 9.17) is 9.47 Å². The molecule has 20 heavy (non-hydrogen) atoms. The van der Waals surface area contributed by atoms with Crippen molar-refractivity contribution in [3.63, 3.8) is 0 Å². The molecular formula is C10H13B2I2N2O2P2. The molecule has 0 aliphatic carbocycles. The van der Waals surface area contributed by atoms with Crippen molar-refractivity contribution in [1.82, 2.24) is 9.48 Å². The lowest BCUT2D eigenvalue weighted by molar-refractivity contribution is 0.138. The smallest absolute Gasteiger partial charge is 0.322 e. The van der Waals surface area contributed by atoms with Crippen molar-refractivity contribution >= 4 is 71.8 Å². The van der Waals surface area contributed by atoms with Crippen molar-refractivity contribution < 1.29 is 9.47 Å². The number of halogens is 2. The van der Waals surface area contributed by atoms with E-state index in [-0.39, 0.29) is 0 Å². The summed E-state index contributed by atoms with van der Waals surface area (Å²) in [5, 5.41) is 0. The van der Waals surface area contributed by atoms with Gasteiger partial charge in [-0.15, -0.1) is 53.9 Å². The molecule has 1 radical (unpaired) electrons. The van der Waals surface area contributed by atoms with Crippen molar-refractivity contribution in [1.29, 1.82) is 0 Å². The Hall–Kier alpha value is 1.19. The Morgan fingerprint density at radius 1 is 1.20 bits per heavy atom. The Bertz CT molecular complexity index is 512. The molecule has 4 nitrogen and oxygen atoms in total. The van der Waals surface area contributed by atoms with Crippen LogP contribution in [0.5, 0.6) is 11.5 Å². The first-order valence-corrected chi connectivity index (χ1v) is 10.3. The average Bonchev–Trinajstić information content (AvgIpc) is 2.46. The summed E-state index contributed by atoms with van der Waals surface area (Å²) in [5.41, 5.74) is 2.45. The normalized spacial score (nSPS) is 19.1. The summed E-state index contributed by atoms with van der Waals surface area (Å²) in [5.74, 6) is 1.90. The van der Waals surface area contributed by atoms with Gasteiger partial charge in [-0.25, -0.2) is 0 Å². The fourth-order valence-corrected chi connectivity index (χ4v) is 4.60. The molecule has 10 heteroatoms. The standard InChI is InChI=1S/C10H13B2I2N2O2P2/c13-11-20-16-4-8-2-1-7-3-15(12(14)19)5-17-9(7)10(8)18-6-16/h1-2,20H,3-6,19H2. The highest BCUT2D eigenvalue weighted by Crippen LogP contribution is 2.42. The first kappa shape index (κ1) is 16.1. The van der Waals surface area contributed by atoms with Gasteiger partial charge in [-0.05, 0) is 0 Å². The highest BCUT2D eigenvalue weighted by Gasteiger charge is 2.28. The van der Waals surface area contributed by atoms with E-state index in [1.165, 1.54) is 11.1 Å². The molecule has 0 spiro atoms.